The Morgan fingerprint density at radius 1 is 0.963 bits per heavy atom. The van der Waals surface area contributed by atoms with E-state index in [1.54, 1.807) is 0 Å². The topological polar surface area (TPSA) is 24.4 Å². The van der Waals surface area contributed by atoms with Crippen molar-refractivity contribution in [3.63, 3.8) is 0 Å². The second kappa shape index (κ2) is 6.92. The lowest BCUT2D eigenvalue weighted by Crippen LogP contribution is -2.54. The average Bonchev–Trinajstić information content (AvgIpc) is 3.31. The number of halogens is 2. The molecule has 140 valence electrons. The van der Waals surface area contributed by atoms with Crippen molar-refractivity contribution in [3.8, 4) is 0 Å². The molecule has 27 heavy (non-hydrogen) atoms. The number of hydrogen-bond acceptors (Lipinski definition) is 2. The highest BCUT2D eigenvalue weighted by molar-refractivity contribution is 6.31. The largest absolute Gasteiger partial charge is 0.309 e. The van der Waals surface area contributed by atoms with Crippen LogP contribution in [0.4, 0.5) is 5.69 Å². The van der Waals surface area contributed by atoms with Gasteiger partial charge in [0.25, 0.3) is 0 Å². The van der Waals surface area contributed by atoms with Crippen molar-refractivity contribution in [3.05, 3.63) is 63.6 Å². The van der Waals surface area contributed by atoms with Gasteiger partial charge in [-0.1, -0.05) is 67.1 Å². The van der Waals surface area contributed by atoms with E-state index in [4.69, 9.17) is 28.2 Å². The van der Waals surface area contributed by atoms with Crippen LogP contribution in [0.15, 0.2) is 47.5 Å². The summed E-state index contributed by atoms with van der Waals surface area (Å²) >= 11 is 12.6. The molecule has 5 rings (SSSR count). The number of fused-ring (bicyclic) bond motifs is 2. The minimum Gasteiger partial charge on any atom is -0.309 e. The SMILES string of the molecule is Clc1cccc([C@@H]2NCC[C@H](C3CCCC3)[C@@]23C=Nc2cc(Cl)ccc23)c1. The molecule has 1 N–H and O–H groups in total. The molecule has 0 amide bonds. The highest BCUT2D eigenvalue weighted by atomic mass is 35.5. The van der Waals surface area contributed by atoms with Crippen LogP contribution in [0, 0.1) is 11.8 Å². The van der Waals surface area contributed by atoms with E-state index in [1.165, 1.54) is 43.2 Å². The Hall–Kier alpha value is -1.35. The van der Waals surface area contributed by atoms with Gasteiger partial charge in [-0.2, -0.15) is 0 Å². The molecule has 1 aliphatic carbocycles. The molecule has 2 fully saturated rings. The summed E-state index contributed by atoms with van der Waals surface area (Å²) in [4.78, 5) is 4.87. The average molecular weight is 399 g/mol. The van der Waals surface area contributed by atoms with Gasteiger partial charge in [-0.15, -0.1) is 0 Å². The van der Waals surface area contributed by atoms with Gasteiger partial charge < -0.3 is 5.32 Å². The molecule has 1 spiro atoms. The van der Waals surface area contributed by atoms with E-state index in [0.717, 1.165) is 28.2 Å². The van der Waals surface area contributed by atoms with Gasteiger partial charge in [0, 0.05) is 22.3 Å². The van der Waals surface area contributed by atoms with Crippen LogP contribution in [0.2, 0.25) is 10.0 Å². The van der Waals surface area contributed by atoms with Gasteiger partial charge in [-0.3, -0.25) is 4.99 Å². The third kappa shape index (κ3) is 2.85. The Morgan fingerprint density at radius 2 is 1.78 bits per heavy atom. The summed E-state index contributed by atoms with van der Waals surface area (Å²) in [6, 6.07) is 14.7. The van der Waals surface area contributed by atoms with Crippen LogP contribution in [0.3, 0.4) is 0 Å². The van der Waals surface area contributed by atoms with E-state index in [1.807, 2.05) is 18.2 Å². The fourth-order valence-electron chi connectivity index (χ4n) is 5.82. The van der Waals surface area contributed by atoms with Gasteiger partial charge in [0.2, 0.25) is 0 Å². The van der Waals surface area contributed by atoms with Crippen molar-refractivity contribution >= 4 is 35.1 Å². The van der Waals surface area contributed by atoms with Crippen LogP contribution >= 0.6 is 23.2 Å². The standard InChI is InChI=1S/C23H24Cl2N2/c24-17-7-3-6-16(12-17)22-23(14-27-21-13-18(25)8-9-20(21)23)19(10-11-26-22)15-4-1-2-5-15/h3,6-9,12-15,19,22,26H,1-2,4-5,10-11H2/t19-,22+,23-/m1/s1. The maximum Gasteiger partial charge on any atom is 0.0683 e. The number of aliphatic imine (C=N–C) groups is 1. The van der Waals surface area contributed by atoms with Gasteiger partial charge in [0.1, 0.15) is 0 Å². The number of hydrogen-bond donors (Lipinski definition) is 1. The van der Waals surface area contributed by atoms with Crippen LogP contribution in [0.1, 0.15) is 49.3 Å². The first-order valence-corrected chi connectivity index (χ1v) is 10.8. The number of nitrogens with one attached hydrogen (secondary N) is 1. The van der Waals surface area contributed by atoms with Crippen molar-refractivity contribution in [1.29, 1.82) is 0 Å². The molecule has 1 saturated heterocycles. The Kier molecular flexibility index (Phi) is 4.54. The maximum absolute atomic E-state index is 6.36. The molecule has 2 heterocycles. The molecule has 2 aliphatic heterocycles. The molecule has 0 unspecified atom stereocenters. The Bertz CT molecular complexity index is 888. The van der Waals surface area contributed by atoms with Crippen LogP contribution in [0.5, 0.6) is 0 Å². The van der Waals surface area contributed by atoms with Crippen molar-refractivity contribution in [1.82, 2.24) is 5.32 Å². The third-order valence-corrected chi connectivity index (χ3v) is 7.36. The first kappa shape index (κ1) is 17.7. The Balaban J connectivity index is 1.68. The zero-order valence-electron chi connectivity index (χ0n) is 15.3. The minimum atomic E-state index is -0.127. The minimum absolute atomic E-state index is 0.127. The zero-order chi connectivity index (χ0) is 18.4. The quantitative estimate of drug-likeness (QED) is 0.613. The first-order chi connectivity index (χ1) is 13.2. The van der Waals surface area contributed by atoms with E-state index in [0.29, 0.717) is 5.92 Å². The van der Waals surface area contributed by atoms with Crippen LogP contribution in [0.25, 0.3) is 0 Å². The van der Waals surface area contributed by atoms with Crippen molar-refractivity contribution < 1.29 is 0 Å². The predicted molar refractivity (Wildman–Crippen MR) is 114 cm³/mol. The summed E-state index contributed by atoms with van der Waals surface area (Å²) in [5.74, 6) is 1.36. The molecule has 0 bridgehead atoms. The van der Waals surface area contributed by atoms with Gasteiger partial charge in [0.15, 0.2) is 0 Å². The lowest BCUT2D eigenvalue weighted by Gasteiger charge is -2.49. The van der Waals surface area contributed by atoms with Crippen molar-refractivity contribution in [2.75, 3.05) is 6.54 Å². The summed E-state index contributed by atoms with van der Waals surface area (Å²) in [5.41, 5.74) is 3.47. The highest BCUT2D eigenvalue weighted by Crippen LogP contribution is 2.56. The molecule has 2 aromatic carbocycles. The summed E-state index contributed by atoms with van der Waals surface area (Å²) < 4.78 is 0. The molecule has 4 heteroatoms. The third-order valence-electron chi connectivity index (χ3n) is 6.89. The van der Waals surface area contributed by atoms with E-state index >= 15 is 0 Å². The normalized spacial score (nSPS) is 30.1. The van der Waals surface area contributed by atoms with E-state index in [-0.39, 0.29) is 11.5 Å². The fraction of sp³-hybridized carbons (Fsp3) is 0.435. The van der Waals surface area contributed by atoms with Crippen molar-refractivity contribution in [2.24, 2.45) is 16.8 Å². The van der Waals surface area contributed by atoms with Gasteiger partial charge in [0.05, 0.1) is 11.1 Å². The molecular weight excluding hydrogens is 375 g/mol. The molecule has 1 saturated carbocycles. The van der Waals surface area contributed by atoms with E-state index < -0.39 is 0 Å². The van der Waals surface area contributed by atoms with Crippen LogP contribution in [-0.2, 0) is 5.41 Å². The van der Waals surface area contributed by atoms with Gasteiger partial charge in [-0.25, -0.2) is 0 Å². The lowest BCUT2D eigenvalue weighted by molar-refractivity contribution is 0.148. The molecular formula is C23H24Cl2N2. The van der Waals surface area contributed by atoms with Gasteiger partial charge >= 0.3 is 0 Å². The maximum atomic E-state index is 6.36. The monoisotopic (exact) mass is 398 g/mol. The molecule has 3 atom stereocenters. The lowest BCUT2D eigenvalue weighted by atomic mass is 9.58. The van der Waals surface area contributed by atoms with E-state index in [9.17, 15) is 0 Å². The van der Waals surface area contributed by atoms with E-state index in [2.05, 4.69) is 35.8 Å². The number of rotatable bonds is 2. The molecule has 2 aromatic rings. The summed E-state index contributed by atoms with van der Waals surface area (Å²) in [5, 5.41) is 5.37. The van der Waals surface area contributed by atoms with Gasteiger partial charge in [-0.05, 0) is 60.2 Å². The Labute approximate surface area is 171 Å². The van der Waals surface area contributed by atoms with Crippen molar-refractivity contribution in [2.45, 2.75) is 43.6 Å². The predicted octanol–water partition coefficient (Wildman–Crippen LogP) is 6.49. The Morgan fingerprint density at radius 3 is 2.59 bits per heavy atom. The molecule has 3 aliphatic rings. The summed E-state index contributed by atoms with van der Waals surface area (Å²) in [7, 11) is 0. The summed E-state index contributed by atoms with van der Waals surface area (Å²) in [6.45, 7) is 1.04. The smallest absolute Gasteiger partial charge is 0.0683 e. The molecule has 0 radical (unpaired) electrons. The fourth-order valence-corrected chi connectivity index (χ4v) is 6.18. The number of benzene rings is 2. The van der Waals surface area contributed by atoms with Crippen LogP contribution < -0.4 is 5.32 Å². The second-order valence-corrected chi connectivity index (χ2v) is 9.11. The zero-order valence-corrected chi connectivity index (χ0v) is 16.8. The summed E-state index contributed by atoms with van der Waals surface area (Å²) in [6.07, 6.45) is 8.82. The highest BCUT2D eigenvalue weighted by Gasteiger charge is 2.54. The second-order valence-electron chi connectivity index (χ2n) is 8.23. The first-order valence-electron chi connectivity index (χ1n) is 10.0. The van der Waals surface area contributed by atoms with Crippen LogP contribution in [-0.4, -0.2) is 12.8 Å². The number of piperidine rings is 1. The molecule has 2 nitrogen and oxygen atoms in total. The number of nitrogens with zero attached hydrogens (tertiary/aromatic N) is 1. The molecule has 0 aromatic heterocycles.